The summed E-state index contributed by atoms with van der Waals surface area (Å²) in [6.07, 6.45) is -0.351. The quantitative estimate of drug-likeness (QED) is 0.284. The molecule has 1 fully saturated rings. The topological polar surface area (TPSA) is 121 Å². The first-order valence-corrected chi connectivity index (χ1v) is 15.5. The minimum absolute atomic E-state index is 0.00123. The number of allylic oxidation sites excluding steroid dienone is 1. The van der Waals surface area contributed by atoms with Crippen LogP contribution in [0.5, 0.6) is 0 Å². The summed E-state index contributed by atoms with van der Waals surface area (Å²) in [7, 11) is 0. The molecule has 3 N–H and O–H groups in total. The zero-order chi connectivity index (χ0) is 31.2. The molecule has 3 amide bonds. The molecule has 2 atom stereocenters. The molecule has 0 aromatic heterocycles. The van der Waals surface area contributed by atoms with E-state index in [2.05, 4.69) is 16.0 Å². The van der Waals surface area contributed by atoms with Crippen LogP contribution in [0.15, 0.2) is 126 Å². The highest BCUT2D eigenvalue weighted by Crippen LogP contribution is 2.46. The van der Waals surface area contributed by atoms with E-state index in [0.29, 0.717) is 0 Å². The van der Waals surface area contributed by atoms with E-state index in [1.54, 1.807) is 24.3 Å². The van der Waals surface area contributed by atoms with Crippen molar-refractivity contribution in [1.29, 1.82) is 0 Å². The Bertz CT molecular complexity index is 1810. The molecule has 4 aromatic rings. The van der Waals surface area contributed by atoms with Crippen molar-refractivity contribution in [2.24, 2.45) is 0 Å². The second kappa shape index (κ2) is 11.0. The number of nitrogens with one attached hydrogen (secondary N) is 3. The maximum atomic E-state index is 13.9. The third-order valence-corrected chi connectivity index (χ3v) is 9.87. The van der Waals surface area contributed by atoms with Crippen LogP contribution < -0.4 is 16.0 Å². The Balaban J connectivity index is 1.19. The van der Waals surface area contributed by atoms with Gasteiger partial charge in [-0.25, -0.2) is 0 Å². The Kier molecular flexibility index (Phi) is 6.97. The smallest absolute Gasteiger partial charge is 0.252 e. The molecule has 0 saturated carbocycles. The monoisotopic (exact) mass is 613 g/mol. The minimum Gasteiger partial charge on any atom is -0.341 e. The van der Waals surface area contributed by atoms with Crippen LogP contribution in [0.1, 0.15) is 43.8 Å². The molecule has 1 spiro atoms. The van der Waals surface area contributed by atoms with Gasteiger partial charge in [0.1, 0.15) is 11.6 Å². The summed E-state index contributed by atoms with van der Waals surface area (Å²) < 4.78 is 0. The van der Waals surface area contributed by atoms with Crippen LogP contribution in [0.2, 0.25) is 0 Å². The number of piperazine rings is 1. The number of thioether (sulfide) groups is 1. The van der Waals surface area contributed by atoms with Gasteiger partial charge in [-0.1, -0.05) is 115 Å². The number of rotatable bonds is 6. The first kappa shape index (κ1) is 28.5. The molecule has 0 bridgehead atoms. The van der Waals surface area contributed by atoms with Crippen LogP contribution in [0.4, 0.5) is 0 Å². The average Bonchev–Trinajstić information content (AvgIpc) is 3.46. The zero-order valence-corrected chi connectivity index (χ0v) is 24.7. The Hall–Kier alpha value is -5.28. The van der Waals surface area contributed by atoms with E-state index < -0.39 is 40.6 Å². The second-order valence-corrected chi connectivity index (χ2v) is 12.2. The maximum Gasteiger partial charge on any atom is 0.252 e. The van der Waals surface area contributed by atoms with Gasteiger partial charge in [0.15, 0.2) is 11.3 Å². The lowest BCUT2D eigenvalue weighted by atomic mass is 9.76. The minimum atomic E-state index is -1.70. The fraction of sp³-hybridized carbons (Fsp3) is 0.139. The SMILES string of the molecule is O=C(C[C@@H]1NC(=O)[C@]2(CSC3=C2C(=O)c2ccccc2C3=O)NC1=O)NC(c1ccccc1)(c1ccccc1)c1ccccc1. The van der Waals surface area contributed by atoms with E-state index >= 15 is 0 Å². The molecular weight excluding hydrogens is 586 g/mol. The van der Waals surface area contributed by atoms with Crippen molar-refractivity contribution in [1.82, 2.24) is 16.0 Å². The van der Waals surface area contributed by atoms with Crippen molar-refractivity contribution in [3.63, 3.8) is 0 Å². The summed E-state index contributed by atoms with van der Waals surface area (Å²) in [4.78, 5) is 68.2. The van der Waals surface area contributed by atoms with Crippen molar-refractivity contribution in [2.45, 2.75) is 23.5 Å². The predicted molar refractivity (Wildman–Crippen MR) is 169 cm³/mol. The van der Waals surface area contributed by atoms with Gasteiger partial charge in [-0.3, -0.25) is 24.0 Å². The third kappa shape index (κ3) is 4.50. The van der Waals surface area contributed by atoms with Gasteiger partial charge in [0.05, 0.1) is 16.9 Å². The lowest BCUT2D eigenvalue weighted by Crippen LogP contribution is -2.71. The van der Waals surface area contributed by atoms with E-state index in [1.807, 2.05) is 91.0 Å². The molecule has 0 unspecified atom stereocenters. The van der Waals surface area contributed by atoms with E-state index in [9.17, 15) is 24.0 Å². The zero-order valence-electron chi connectivity index (χ0n) is 23.9. The fourth-order valence-electron chi connectivity index (χ4n) is 6.48. The van der Waals surface area contributed by atoms with E-state index in [4.69, 9.17) is 0 Å². The lowest BCUT2D eigenvalue weighted by Gasteiger charge is -2.40. The van der Waals surface area contributed by atoms with Crippen molar-refractivity contribution in [3.05, 3.63) is 154 Å². The standard InChI is InChI=1S/C36H27N3O5S/c40-28(38-36(22-12-4-1-5-13-22,23-14-6-2-7-15-23)24-16-8-3-9-17-24)20-27-33(43)39-35(34(44)37-27)21-45-32-29(35)30(41)25-18-10-11-19-26(25)31(32)42/h1-19,27H,20-21H2,(H,37,44)(H,38,40)(H,39,43)/t27-,35+/m0/s1. The van der Waals surface area contributed by atoms with Gasteiger partial charge in [0, 0.05) is 16.9 Å². The summed E-state index contributed by atoms with van der Waals surface area (Å²) >= 11 is 1.08. The molecular formula is C36H27N3O5S. The van der Waals surface area contributed by atoms with Crippen molar-refractivity contribution in [3.8, 4) is 0 Å². The number of fused-ring (bicyclic) bond motifs is 2. The van der Waals surface area contributed by atoms with Gasteiger partial charge in [0.25, 0.3) is 5.91 Å². The number of carbonyl (C=O) groups is 5. The van der Waals surface area contributed by atoms with Gasteiger partial charge in [-0.2, -0.15) is 0 Å². The molecule has 7 rings (SSSR count). The molecule has 0 radical (unpaired) electrons. The summed E-state index contributed by atoms with van der Waals surface area (Å²) in [6, 6.07) is 33.9. The number of hydrogen-bond donors (Lipinski definition) is 3. The molecule has 8 nitrogen and oxygen atoms in total. The number of carbonyl (C=O) groups excluding carboxylic acids is 5. The normalized spacial score (nSPS) is 20.8. The molecule has 9 heteroatoms. The average molecular weight is 614 g/mol. The van der Waals surface area contributed by atoms with Crippen LogP contribution in [-0.2, 0) is 19.9 Å². The molecule has 2 aliphatic heterocycles. The Morgan fingerprint density at radius 2 is 1.22 bits per heavy atom. The highest BCUT2D eigenvalue weighted by Gasteiger charge is 2.58. The first-order valence-electron chi connectivity index (χ1n) is 14.5. The van der Waals surface area contributed by atoms with E-state index in [1.165, 1.54) is 0 Å². The molecule has 4 aromatic carbocycles. The highest BCUT2D eigenvalue weighted by atomic mass is 32.2. The number of Topliss-reactive ketones (excluding diaryl/α,β-unsaturated/α-hetero) is 2. The molecule has 222 valence electrons. The number of ketones is 2. The highest BCUT2D eigenvalue weighted by molar-refractivity contribution is 8.04. The van der Waals surface area contributed by atoms with Crippen molar-refractivity contribution >= 4 is 41.0 Å². The van der Waals surface area contributed by atoms with Crippen LogP contribution in [0.3, 0.4) is 0 Å². The first-order chi connectivity index (χ1) is 21.8. The molecule has 1 saturated heterocycles. The van der Waals surface area contributed by atoms with Gasteiger partial charge < -0.3 is 16.0 Å². The summed E-state index contributed by atoms with van der Waals surface area (Å²) in [5.74, 6) is -2.51. The lowest BCUT2D eigenvalue weighted by molar-refractivity contribution is -0.140. The number of amides is 3. The molecule has 3 aliphatic rings. The van der Waals surface area contributed by atoms with Crippen molar-refractivity contribution < 1.29 is 24.0 Å². The van der Waals surface area contributed by atoms with Crippen LogP contribution >= 0.6 is 11.8 Å². The molecule has 45 heavy (non-hydrogen) atoms. The van der Waals surface area contributed by atoms with Gasteiger partial charge >= 0.3 is 0 Å². The van der Waals surface area contributed by atoms with E-state index in [-0.39, 0.29) is 39.6 Å². The largest absolute Gasteiger partial charge is 0.341 e. The Labute approximate surface area is 263 Å². The van der Waals surface area contributed by atoms with Crippen molar-refractivity contribution in [2.75, 3.05) is 5.75 Å². The number of benzene rings is 4. The third-order valence-electron chi connectivity index (χ3n) is 8.62. The van der Waals surface area contributed by atoms with Gasteiger partial charge in [-0.15, -0.1) is 11.8 Å². The van der Waals surface area contributed by atoms with Crippen LogP contribution in [0.25, 0.3) is 0 Å². The van der Waals surface area contributed by atoms with Gasteiger partial charge in [-0.05, 0) is 16.7 Å². The predicted octanol–water partition coefficient (Wildman–Crippen LogP) is 3.92. The summed E-state index contributed by atoms with van der Waals surface area (Å²) in [6.45, 7) is 0. The number of hydrogen-bond acceptors (Lipinski definition) is 6. The summed E-state index contributed by atoms with van der Waals surface area (Å²) in [5.41, 5.74) is 0.113. The van der Waals surface area contributed by atoms with Crippen LogP contribution in [-0.4, -0.2) is 46.6 Å². The molecule has 2 heterocycles. The second-order valence-electron chi connectivity index (χ2n) is 11.2. The Morgan fingerprint density at radius 1 is 0.733 bits per heavy atom. The van der Waals surface area contributed by atoms with Crippen LogP contribution in [0, 0.1) is 0 Å². The fourth-order valence-corrected chi connectivity index (χ4v) is 7.84. The molecule has 1 aliphatic carbocycles. The van der Waals surface area contributed by atoms with E-state index in [0.717, 1.165) is 28.5 Å². The Morgan fingerprint density at radius 3 is 1.76 bits per heavy atom. The summed E-state index contributed by atoms with van der Waals surface area (Å²) in [5, 5.41) is 8.67. The van der Waals surface area contributed by atoms with Gasteiger partial charge in [0.2, 0.25) is 17.6 Å². The maximum absolute atomic E-state index is 13.9.